The molecule has 0 aromatic heterocycles. The van der Waals surface area contributed by atoms with Crippen LogP contribution in [0.4, 0.5) is 0 Å². The molecule has 8 atom stereocenters. The van der Waals surface area contributed by atoms with Crippen LogP contribution in [0.2, 0.25) is 0 Å². The van der Waals surface area contributed by atoms with Crippen LogP contribution in [0.1, 0.15) is 79.1 Å². The fourth-order valence-corrected chi connectivity index (χ4v) is 7.76. The number of hydrogen-bond acceptors (Lipinski definition) is 2. The number of aliphatic hydroxyl groups is 1. The number of rotatable bonds is 2. The fraction of sp³-hybridized carbons (Fsp3) is 0.800. The van der Waals surface area contributed by atoms with E-state index >= 15 is 0 Å². The SMILES string of the molecule is CC#CC[C@@H](C)[C@H]1CC[C@H]2[C@@H]3C(=O)C=C4C[C@@H](O)CC[C@]4(C)[C@H]3CC[C@]12C. The molecular weight excluding hydrogens is 332 g/mol. The van der Waals surface area contributed by atoms with Crippen LogP contribution in [0.15, 0.2) is 11.6 Å². The standard InChI is InChI=1S/C25H36O2/c1-5-6-7-16(2)19-8-9-20-23-21(11-13-25(19,20)4)24(3)12-10-18(26)14-17(24)15-22(23)27/h15-16,18-21,23,26H,7-14H2,1-4H3/t16-,18+,19-,20+,21+,23+,24+,25-/m1/s1. The molecule has 0 amide bonds. The molecule has 27 heavy (non-hydrogen) atoms. The summed E-state index contributed by atoms with van der Waals surface area (Å²) in [5.74, 6) is 9.29. The number of fused-ring (bicyclic) bond motifs is 5. The van der Waals surface area contributed by atoms with Crippen molar-refractivity contribution in [1.82, 2.24) is 0 Å². The molecule has 3 saturated carbocycles. The van der Waals surface area contributed by atoms with Crippen molar-refractivity contribution in [3.63, 3.8) is 0 Å². The van der Waals surface area contributed by atoms with E-state index in [0.717, 1.165) is 19.3 Å². The van der Waals surface area contributed by atoms with E-state index < -0.39 is 0 Å². The van der Waals surface area contributed by atoms with Gasteiger partial charge in [-0.25, -0.2) is 0 Å². The van der Waals surface area contributed by atoms with E-state index in [2.05, 4.69) is 32.6 Å². The predicted octanol–water partition coefficient (Wildman–Crippen LogP) is 5.15. The second-order valence-electron chi connectivity index (χ2n) is 10.5. The van der Waals surface area contributed by atoms with Crippen LogP contribution >= 0.6 is 0 Å². The predicted molar refractivity (Wildman–Crippen MR) is 109 cm³/mol. The van der Waals surface area contributed by atoms with E-state index in [9.17, 15) is 9.90 Å². The molecular formula is C25H36O2. The number of hydrogen-bond donors (Lipinski definition) is 1. The minimum atomic E-state index is -0.251. The van der Waals surface area contributed by atoms with E-state index in [4.69, 9.17) is 0 Å². The lowest BCUT2D eigenvalue weighted by atomic mass is 9.46. The molecule has 4 rings (SSSR count). The van der Waals surface area contributed by atoms with Crippen molar-refractivity contribution in [2.45, 2.75) is 85.2 Å². The van der Waals surface area contributed by atoms with Gasteiger partial charge in [0.2, 0.25) is 0 Å². The molecule has 2 nitrogen and oxygen atoms in total. The van der Waals surface area contributed by atoms with Gasteiger partial charge in [0.1, 0.15) is 0 Å². The molecule has 0 heterocycles. The maximum atomic E-state index is 13.3. The second kappa shape index (κ2) is 6.77. The van der Waals surface area contributed by atoms with E-state index in [1.54, 1.807) is 0 Å². The Balaban J connectivity index is 1.64. The Morgan fingerprint density at radius 3 is 2.70 bits per heavy atom. The molecule has 3 fully saturated rings. The number of carbonyl (C=O) groups is 1. The third-order valence-electron chi connectivity index (χ3n) is 9.28. The van der Waals surface area contributed by atoms with Crippen molar-refractivity contribution < 1.29 is 9.90 Å². The summed E-state index contributed by atoms with van der Waals surface area (Å²) in [5.41, 5.74) is 1.68. The summed E-state index contributed by atoms with van der Waals surface area (Å²) >= 11 is 0. The van der Waals surface area contributed by atoms with E-state index in [1.807, 2.05) is 13.0 Å². The minimum absolute atomic E-state index is 0.135. The van der Waals surface area contributed by atoms with Gasteiger partial charge in [-0.05, 0) is 92.4 Å². The molecule has 0 radical (unpaired) electrons. The van der Waals surface area contributed by atoms with Gasteiger partial charge < -0.3 is 5.11 Å². The Bertz CT molecular complexity index is 710. The highest BCUT2D eigenvalue weighted by Gasteiger charge is 2.61. The van der Waals surface area contributed by atoms with Crippen molar-refractivity contribution in [3.05, 3.63) is 11.6 Å². The lowest BCUT2D eigenvalue weighted by molar-refractivity contribution is -0.135. The van der Waals surface area contributed by atoms with E-state index in [1.165, 1.54) is 31.3 Å². The topological polar surface area (TPSA) is 37.3 Å². The zero-order valence-electron chi connectivity index (χ0n) is 17.6. The number of carbonyl (C=O) groups excluding carboxylic acids is 1. The van der Waals surface area contributed by atoms with Gasteiger partial charge in [0.25, 0.3) is 0 Å². The normalized spacial score (nSPS) is 47.1. The Hall–Kier alpha value is -1.07. The first-order chi connectivity index (χ1) is 12.8. The summed E-state index contributed by atoms with van der Waals surface area (Å²) in [7, 11) is 0. The largest absolute Gasteiger partial charge is 0.393 e. The third kappa shape index (κ3) is 2.84. The number of ketones is 1. The zero-order chi connectivity index (χ0) is 19.4. The molecule has 0 unspecified atom stereocenters. The highest BCUT2D eigenvalue weighted by Crippen LogP contribution is 2.66. The Morgan fingerprint density at radius 1 is 1.19 bits per heavy atom. The lowest BCUT2D eigenvalue weighted by Gasteiger charge is -2.57. The van der Waals surface area contributed by atoms with Crippen molar-refractivity contribution >= 4 is 5.78 Å². The summed E-state index contributed by atoms with van der Waals surface area (Å²) < 4.78 is 0. The van der Waals surface area contributed by atoms with Crippen LogP contribution in [0.25, 0.3) is 0 Å². The van der Waals surface area contributed by atoms with Crippen LogP contribution in [0, 0.1) is 52.3 Å². The first kappa shape index (κ1) is 19.3. The molecule has 0 aromatic carbocycles. The molecule has 148 valence electrons. The average Bonchev–Trinajstić information content (AvgIpc) is 2.98. The van der Waals surface area contributed by atoms with Crippen LogP contribution in [0.3, 0.4) is 0 Å². The second-order valence-corrected chi connectivity index (χ2v) is 10.5. The molecule has 2 heteroatoms. The Kier molecular flexibility index (Phi) is 4.83. The van der Waals surface area contributed by atoms with Crippen molar-refractivity contribution in [2.75, 3.05) is 0 Å². The third-order valence-corrected chi connectivity index (χ3v) is 9.28. The van der Waals surface area contributed by atoms with Crippen LogP contribution in [-0.2, 0) is 4.79 Å². The van der Waals surface area contributed by atoms with E-state index in [0.29, 0.717) is 41.3 Å². The average molecular weight is 369 g/mol. The highest BCUT2D eigenvalue weighted by molar-refractivity contribution is 5.94. The monoisotopic (exact) mass is 368 g/mol. The van der Waals surface area contributed by atoms with Crippen LogP contribution in [-0.4, -0.2) is 17.0 Å². The van der Waals surface area contributed by atoms with Gasteiger partial charge in [-0.3, -0.25) is 4.79 Å². The van der Waals surface area contributed by atoms with Crippen molar-refractivity contribution in [1.29, 1.82) is 0 Å². The summed E-state index contributed by atoms with van der Waals surface area (Å²) in [6, 6.07) is 0. The quantitative estimate of drug-likeness (QED) is 0.684. The van der Waals surface area contributed by atoms with Gasteiger partial charge >= 0.3 is 0 Å². The summed E-state index contributed by atoms with van der Waals surface area (Å²) in [5, 5.41) is 10.1. The molecule has 4 aliphatic rings. The molecule has 0 aliphatic heterocycles. The molecule has 0 spiro atoms. The highest BCUT2D eigenvalue weighted by atomic mass is 16.3. The zero-order valence-corrected chi connectivity index (χ0v) is 17.6. The number of allylic oxidation sites excluding steroid dienone is 1. The maximum absolute atomic E-state index is 13.3. The van der Waals surface area contributed by atoms with Gasteiger partial charge in [-0.15, -0.1) is 11.8 Å². The van der Waals surface area contributed by atoms with Crippen LogP contribution in [0.5, 0.6) is 0 Å². The smallest absolute Gasteiger partial charge is 0.159 e. The fourth-order valence-electron chi connectivity index (χ4n) is 7.76. The van der Waals surface area contributed by atoms with Gasteiger partial charge in [0, 0.05) is 12.3 Å². The molecule has 0 saturated heterocycles. The molecule has 0 bridgehead atoms. The van der Waals surface area contributed by atoms with Crippen molar-refractivity contribution in [2.24, 2.45) is 40.4 Å². The molecule has 4 aliphatic carbocycles. The first-order valence-electron chi connectivity index (χ1n) is 11.1. The summed E-state index contributed by atoms with van der Waals surface area (Å²) in [4.78, 5) is 13.3. The Morgan fingerprint density at radius 2 is 1.96 bits per heavy atom. The lowest BCUT2D eigenvalue weighted by Crippen LogP contribution is -2.53. The van der Waals surface area contributed by atoms with Gasteiger partial charge in [-0.1, -0.05) is 26.3 Å². The van der Waals surface area contributed by atoms with Crippen LogP contribution < -0.4 is 0 Å². The molecule has 1 N–H and O–H groups in total. The number of aliphatic hydroxyl groups excluding tert-OH is 1. The summed E-state index contributed by atoms with van der Waals surface area (Å²) in [6.45, 7) is 9.19. The Labute approximate surface area is 165 Å². The summed E-state index contributed by atoms with van der Waals surface area (Å²) in [6.07, 6.45) is 10.3. The van der Waals surface area contributed by atoms with Crippen molar-refractivity contribution in [3.8, 4) is 11.8 Å². The first-order valence-corrected chi connectivity index (χ1v) is 11.1. The van der Waals surface area contributed by atoms with Gasteiger partial charge in [0.15, 0.2) is 5.78 Å². The minimum Gasteiger partial charge on any atom is -0.393 e. The van der Waals surface area contributed by atoms with Gasteiger partial charge in [-0.2, -0.15) is 0 Å². The van der Waals surface area contributed by atoms with E-state index in [-0.39, 0.29) is 17.4 Å². The van der Waals surface area contributed by atoms with Gasteiger partial charge in [0.05, 0.1) is 6.10 Å². The molecule has 0 aromatic rings. The maximum Gasteiger partial charge on any atom is 0.159 e.